The number of fused-ring (bicyclic) bond motifs is 4. The highest BCUT2D eigenvalue weighted by Crippen LogP contribution is 2.46. The zero-order valence-electron chi connectivity index (χ0n) is 32.6. The van der Waals surface area contributed by atoms with Crippen molar-refractivity contribution in [1.29, 1.82) is 0 Å². The van der Waals surface area contributed by atoms with Gasteiger partial charge in [0.15, 0.2) is 0 Å². The molecule has 2 fully saturated rings. The molecule has 11 nitrogen and oxygen atoms in total. The highest BCUT2D eigenvalue weighted by molar-refractivity contribution is 5.96. The molecule has 55 heavy (non-hydrogen) atoms. The number of piperidine rings is 2. The van der Waals surface area contributed by atoms with Gasteiger partial charge in [0.25, 0.3) is 0 Å². The zero-order valence-corrected chi connectivity index (χ0v) is 32.6. The van der Waals surface area contributed by atoms with Crippen LogP contribution in [0.5, 0.6) is 0 Å². The first-order valence-electron chi connectivity index (χ1n) is 20.0. The Bertz CT molecular complexity index is 2050. The van der Waals surface area contributed by atoms with Gasteiger partial charge >= 0.3 is 12.0 Å². The Morgan fingerprint density at radius 2 is 1.38 bits per heavy atom. The van der Waals surface area contributed by atoms with Gasteiger partial charge in [0.2, 0.25) is 5.91 Å². The van der Waals surface area contributed by atoms with E-state index in [0.717, 1.165) is 57.3 Å². The minimum Gasteiger partial charge on any atom is -0.481 e. The van der Waals surface area contributed by atoms with Crippen LogP contribution in [-0.2, 0) is 22.4 Å². The number of hydrogen-bond acceptors (Lipinski definition) is 6. The molecule has 0 unspecified atom stereocenters. The van der Waals surface area contributed by atoms with Crippen molar-refractivity contribution < 1.29 is 19.5 Å². The summed E-state index contributed by atoms with van der Waals surface area (Å²) >= 11 is 0. The number of imide groups is 1. The number of benzene rings is 2. The molecule has 4 heterocycles. The first-order chi connectivity index (χ1) is 26.6. The van der Waals surface area contributed by atoms with Gasteiger partial charge in [-0.2, -0.15) is 0 Å². The first kappa shape index (κ1) is 38.6. The molecule has 0 saturated carbocycles. The SMILES string of the molecule is C=CCN1C[C@H](C(=O)N(CC)C(=O)NCCCN(C)C)C[C@@H]2c3cccc4[nH]cc(c34)C[C@H]21.C=CCN1C[C@H](C(=O)O)C[C@@H]2c3cccc4[nH]cc(c34)C[C@H]21. The van der Waals surface area contributed by atoms with Gasteiger partial charge in [0, 0.05) is 97.4 Å². The van der Waals surface area contributed by atoms with Gasteiger partial charge < -0.3 is 25.3 Å². The van der Waals surface area contributed by atoms with E-state index in [1.807, 2.05) is 33.2 Å². The Labute approximate surface area is 324 Å². The molecule has 2 saturated heterocycles. The third-order valence-electron chi connectivity index (χ3n) is 12.5. The van der Waals surface area contributed by atoms with E-state index in [0.29, 0.717) is 44.2 Å². The largest absolute Gasteiger partial charge is 0.481 e. The standard InChI is InChI=1S/C26H37N5O2.C18H20N2O2/c1-5-12-30-17-19(25(32)31(6-2)26(33)27-11-8-13-29(3)4)14-21-20-9-7-10-22-24(20)18(16-28-22)15-23(21)30;1-2-6-20-10-12(18(21)22)7-14-13-4-3-5-15-17(13)11(9-19-15)8-16(14)20/h5,7,9-10,16,19,21,23,28H,1,6,8,11-15,17H2,2-4H3,(H,27,33);2-5,9,12,14,16,19H,1,6-8,10H2,(H,21,22)/t19-,21-,23-;12-,14-,16-/m11/s1. The third-order valence-corrected chi connectivity index (χ3v) is 12.5. The Morgan fingerprint density at radius 1 is 0.855 bits per heavy atom. The lowest BCUT2D eigenvalue weighted by atomic mass is 9.72. The van der Waals surface area contributed by atoms with Gasteiger partial charge in [0.1, 0.15) is 0 Å². The summed E-state index contributed by atoms with van der Waals surface area (Å²) in [6.07, 6.45) is 12.4. The number of aromatic amines is 2. The summed E-state index contributed by atoms with van der Waals surface area (Å²) in [6, 6.07) is 13.2. The molecule has 2 aromatic heterocycles. The second kappa shape index (κ2) is 16.6. The van der Waals surface area contributed by atoms with Crippen molar-refractivity contribution in [2.45, 2.75) is 62.9 Å². The highest BCUT2D eigenvalue weighted by Gasteiger charge is 2.44. The minimum atomic E-state index is -0.681. The number of urea groups is 1. The van der Waals surface area contributed by atoms with Crippen LogP contribution in [-0.4, -0.2) is 125 Å². The van der Waals surface area contributed by atoms with Crippen molar-refractivity contribution in [3.63, 3.8) is 0 Å². The maximum atomic E-state index is 13.6. The Kier molecular flexibility index (Phi) is 11.6. The van der Waals surface area contributed by atoms with Crippen LogP contribution in [0, 0.1) is 11.8 Å². The molecular weight excluding hydrogens is 691 g/mol. The number of rotatable bonds is 11. The van der Waals surface area contributed by atoms with Crippen molar-refractivity contribution in [3.8, 4) is 0 Å². The summed E-state index contributed by atoms with van der Waals surface area (Å²) < 4.78 is 0. The predicted octanol–water partition coefficient (Wildman–Crippen LogP) is 5.96. The number of nitrogens with zero attached hydrogens (tertiary/aromatic N) is 4. The van der Waals surface area contributed by atoms with Gasteiger partial charge in [0.05, 0.1) is 11.8 Å². The second-order valence-corrected chi connectivity index (χ2v) is 16.1. The molecule has 2 aromatic carbocycles. The number of carbonyl (C=O) groups is 3. The van der Waals surface area contributed by atoms with Crippen LogP contribution in [0.3, 0.4) is 0 Å². The van der Waals surface area contributed by atoms with E-state index in [2.05, 4.69) is 91.9 Å². The fourth-order valence-electron chi connectivity index (χ4n) is 10.0. The summed E-state index contributed by atoms with van der Waals surface area (Å²) in [5.74, 6) is -0.698. The van der Waals surface area contributed by atoms with Gasteiger partial charge in [-0.05, 0) is 94.1 Å². The molecule has 6 atom stereocenters. The number of amides is 3. The zero-order chi connectivity index (χ0) is 38.8. The van der Waals surface area contributed by atoms with E-state index >= 15 is 0 Å². The molecule has 0 radical (unpaired) electrons. The molecule has 0 bridgehead atoms. The molecule has 4 aromatic rings. The monoisotopic (exact) mass is 747 g/mol. The number of H-pyrrole nitrogens is 2. The van der Waals surface area contributed by atoms with E-state index in [-0.39, 0.29) is 29.7 Å². The number of carbonyl (C=O) groups excluding carboxylic acids is 2. The number of hydrogen-bond donors (Lipinski definition) is 4. The quantitative estimate of drug-likeness (QED) is 0.110. The topological polar surface area (TPSA) is 128 Å². The van der Waals surface area contributed by atoms with Crippen molar-refractivity contribution in [3.05, 3.63) is 96.4 Å². The van der Waals surface area contributed by atoms with E-state index < -0.39 is 5.97 Å². The van der Waals surface area contributed by atoms with Gasteiger partial charge in [-0.15, -0.1) is 13.2 Å². The fourth-order valence-corrected chi connectivity index (χ4v) is 10.0. The summed E-state index contributed by atoms with van der Waals surface area (Å²) in [5, 5.41) is 15.1. The Morgan fingerprint density at radius 3 is 1.87 bits per heavy atom. The Hall–Kier alpha value is -4.71. The number of likely N-dealkylation sites (tertiary alicyclic amines) is 2. The van der Waals surface area contributed by atoms with Gasteiger partial charge in [-0.1, -0.05) is 36.4 Å². The van der Waals surface area contributed by atoms with Crippen molar-refractivity contribution in [2.24, 2.45) is 11.8 Å². The molecule has 2 aliphatic carbocycles. The van der Waals surface area contributed by atoms with Crippen LogP contribution in [0.15, 0.2) is 74.1 Å². The molecule has 0 spiro atoms. The lowest BCUT2D eigenvalue weighted by Gasteiger charge is -2.47. The van der Waals surface area contributed by atoms with Crippen LogP contribution in [0.1, 0.15) is 60.3 Å². The van der Waals surface area contributed by atoms with Gasteiger partial charge in [-0.25, -0.2) is 4.79 Å². The van der Waals surface area contributed by atoms with Crippen LogP contribution in [0.25, 0.3) is 21.8 Å². The van der Waals surface area contributed by atoms with Crippen molar-refractivity contribution >= 4 is 39.7 Å². The van der Waals surface area contributed by atoms with Crippen molar-refractivity contribution in [2.75, 3.05) is 59.9 Å². The average Bonchev–Trinajstić information content (AvgIpc) is 3.80. The van der Waals surface area contributed by atoms with E-state index in [9.17, 15) is 19.5 Å². The molecule has 4 N–H and O–H groups in total. The summed E-state index contributed by atoms with van der Waals surface area (Å²) in [5.41, 5.74) is 7.67. The van der Waals surface area contributed by atoms with Crippen molar-refractivity contribution in [1.82, 2.24) is 34.9 Å². The highest BCUT2D eigenvalue weighted by atomic mass is 16.4. The lowest BCUT2D eigenvalue weighted by molar-refractivity contribution is -0.144. The van der Waals surface area contributed by atoms with Crippen LogP contribution < -0.4 is 5.32 Å². The smallest absolute Gasteiger partial charge is 0.324 e. The average molecular weight is 748 g/mol. The summed E-state index contributed by atoms with van der Waals surface area (Å²) in [4.78, 5) is 52.9. The molecule has 11 heteroatoms. The third kappa shape index (κ3) is 7.62. The van der Waals surface area contributed by atoms with Crippen LogP contribution in [0.4, 0.5) is 4.79 Å². The van der Waals surface area contributed by atoms with Crippen LogP contribution in [0.2, 0.25) is 0 Å². The fraction of sp³-hybridized carbons (Fsp3) is 0.477. The summed E-state index contributed by atoms with van der Waals surface area (Å²) in [7, 11) is 4.02. The van der Waals surface area contributed by atoms with Crippen LogP contribution >= 0.6 is 0 Å². The lowest BCUT2D eigenvalue weighted by Crippen LogP contribution is -2.55. The molecule has 292 valence electrons. The maximum Gasteiger partial charge on any atom is 0.324 e. The van der Waals surface area contributed by atoms with E-state index in [1.54, 1.807) is 0 Å². The molecule has 2 aliphatic heterocycles. The first-order valence-corrected chi connectivity index (χ1v) is 20.0. The molecule has 3 amide bonds. The molecule has 8 rings (SSSR count). The number of carboxylic acid groups (broad SMARTS) is 1. The predicted molar refractivity (Wildman–Crippen MR) is 218 cm³/mol. The van der Waals surface area contributed by atoms with E-state index in [1.165, 1.54) is 43.4 Å². The van der Waals surface area contributed by atoms with Gasteiger partial charge in [-0.3, -0.25) is 24.3 Å². The maximum absolute atomic E-state index is 13.6. The number of carboxylic acids is 1. The van der Waals surface area contributed by atoms with E-state index in [4.69, 9.17) is 0 Å². The number of nitrogens with one attached hydrogen (secondary N) is 3. The summed E-state index contributed by atoms with van der Waals surface area (Å²) in [6.45, 7) is 14.3. The molecule has 4 aliphatic rings. The number of aromatic nitrogens is 2. The second-order valence-electron chi connectivity index (χ2n) is 16.1. The molecular formula is C44H57N7O4. The Balaban J connectivity index is 0.000000183. The number of aliphatic carboxylic acids is 1. The minimum absolute atomic E-state index is 0.0674. The normalized spacial score (nSPS) is 24.4.